The highest BCUT2D eigenvalue weighted by Crippen LogP contribution is 2.26. The van der Waals surface area contributed by atoms with Gasteiger partial charge in [-0.1, -0.05) is 37.2 Å². The summed E-state index contributed by atoms with van der Waals surface area (Å²) in [5.41, 5.74) is 0.847. The van der Waals surface area contributed by atoms with Gasteiger partial charge in [0, 0.05) is 11.6 Å². The molecule has 1 aromatic carbocycles. The molecule has 7 nitrogen and oxygen atoms in total. The van der Waals surface area contributed by atoms with Crippen LogP contribution in [-0.4, -0.2) is 42.9 Å². The van der Waals surface area contributed by atoms with E-state index in [1.165, 1.54) is 43.2 Å². The molecular weight excluding hydrogens is 391 g/mol. The lowest BCUT2D eigenvalue weighted by atomic mass is 10.1. The Hall–Kier alpha value is -2.26. The van der Waals surface area contributed by atoms with Crippen molar-refractivity contribution in [3.05, 3.63) is 47.6 Å². The Morgan fingerprint density at radius 1 is 1.10 bits per heavy atom. The second-order valence-electron chi connectivity index (χ2n) is 7.54. The minimum atomic E-state index is -0.263. The fraction of sp³-hybridized carbons (Fsp3) is 0.500. The molecule has 0 aliphatic carbocycles. The summed E-state index contributed by atoms with van der Waals surface area (Å²) < 4.78 is 20.8. The van der Waals surface area contributed by atoms with Crippen LogP contribution in [0.15, 0.2) is 33.9 Å². The van der Waals surface area contributed by atoms with Crippen molar-refractivity contribution in [2.75, 3.05) is 13.1 Å². The number of likely N-dealkylation sites (tertiary alicyclic amines) is 1. The van der Waals surface area contributed by atoms with Gasteiger partial charge in [0.05, 0.1) is 12.3 Å². The molecule has 0 N–H and O–H groups in total. The number of halogens is 1. The quantitative estimate of drug-likeness (QED) is 0.535. The lowest BCUT2D eigenvalue weighted by molar-refractivity contribution is 0.214. The molecule has 1 saturated heterocycles. The number of piperidine rings is 1. The van der Waals surface area contributed by atoms with Crippen molar-refractivity contribution >= 4 is 11.8 Å². The van der Waals surface area contributed by atoms with E-state index < -0.39 is 0 Å². The van der Waals surface area contributed by atoms with Crippen LogP contribution < -0.4 is 0 Å². The molecule has 9 heteroatoms. The molecule has 1 fully saturated rings. The van der Waals surface area contributed by atoms with Gasteiger partial charge in [0.1, 0.15) is 5.82 Å². The van der Waals surface area contributed by atoms with Crippen molar-refractivity contribution in [1.29, 1.82) is 0 Å². The van der Waals surface area contributed by atoms with Crippen LogP contribution >= 0.6 is 11.8 Å². The molecule has 3 heterocycles. The predicted octanol–water partition coefficient (Wildman–Crippen LogP) is 4.19. The van der Waals surface area contributed by atoms with Crippen LogP contribution in [0.2, 0.25) is 0 Å². The summed E-state index contributed by atoms with van der Waals surface area (Å²) in [5, 5.41) is 13.6. The zero-order chi connectivity index (χ0) is 20.2. The SMILES string of the molecule is CC(C)c1noc(CSc2nnc(CN3CCCCC3)n2-c2ccc(F)cc2)n1. The molecule has 4 rings (SSSR count). The third-order valence-electron chi connectivity index (χ3n) is 4.92. The molecule has 1 aliphatic rings. The van der Waals surface area contributed by atoms with Crippen LogP contribution in [0, 0.1) is 5.82 Å². The minimum absolute atomic E-state index is 0.219. The molecule has 0 bridgehead atoms. The lowest BCUT2D eigenvalue weighted by Gasteiger charge is -2.26. The summed E-state index contributed by atoms with van der Waals surface area (Å²) in [6.07, 6.45) is 3.70. The molecule has 0 radical (unpaired) electrons. The van der Waals surface area contributed by atoms with Gasteiger partial charge < -0.3 is 4.52 Å². The van der Waals surface area contributed by atoms with Gasteiger partial charge >= 0.3 is 0 Å². The minimum Gasteiger partial charge on any atom is -0.338 e. The van der Waals surface area contributed by atoms with Crippen molar-refractivity contribution < 1.29 is 8.91 Å². The number of aromatic nitrogens is 5. The molecule has 3 aromatic rings. The van der Waals surface area contributed by atoms with Gasteiger partial charge in [-0.3, -0.25) is 9.47 Å². The van der Waals surface area contributed by atoms with Gasteiger partial charge in [0.2, 0.25) is 5.89 Å². The van der Waals surface area contributed by atoms with Gasteiger partial charge in [-0.25, -0.2) is 4.39 Å². The Kier molecular flexibility index (Phi) is 6.25. The average Bonchev–Trinajstić information content (AvgIpc) is 3.35. The molecule has 0 saturated carbocycles. The summed E-state index contributed by atoms with van der Waals surface area (Å²) in [5.74, 6) is 2.57. The molecular formula is C20H25FN6OS. The third kappa shape index (κ3) is 4.84. The van der Waals surface area contributed by atoms with E-state index in [9.17, 15) is 4.39 Å². The molecule has 0 amide bonds. The summed E-state index contributed by atoms with van der Waals surface area (Å²) in [4.78, 5) is 6.82. The van der Waals surface area contributed by atoms with Crippen molar-refractivity contribution in [3.8, 4) is 5.69 Å². The van der Waals surface area contributed by atoms with Crippen LogP contribution in [0.25, 0.3) is 5.69 Å². The van der Waals surface area contributed by atoms with E-state index in [1.54, 1.807) is 12.1 Å². The van der Waals surface area contributed by atoms with Gasteiger partial charge in [-0.2, -0.15) is 4.98 Å². The van der Waals surface area contributed by atoms with E-state index in [1.807, 2.05) is 18.4 Å². The zero-order valence-electron chi connectivity index (χ0n) is 16.7. The van der Waals surface area contributed by atoms with E-state index in [-0.39, 0.29) is 11.7 Å². The lowest BCUT2D eigenvalue weighted by Crippen LogP contribution is -2.30. The van der Waals surface area contributed by atoms with Crippen LogP contribution in [-0.2, 0) is 12.3 Å². The molecule has 2 aromatic heterocycles. The van der Waals surface area contributed by atoms with Gasteiger partial charge in [0.15, 0.2) is 16.8 Å². The van der Waals surface area contributed by atoms with Gasteiger partial charge in [-0.15, -0.1) is 10.2 Å². The smallest absolute Gasteiger partial charge is 0.237 e. The summed E-state index contributed by atoms with van der Waals surface area (Å²) in [6.45, 7) is 6.92. The Morgan fingerprint density at radius 2 is 1.86 bits per heavy atom. The molecule has 0 spiro atoms. The fourth-order valence-corrected chi connectivity index (χ4v) is 4.16. The van der Waals surface area contributed by atoms with Gasteiger partial charge in [-0.05, 0) is 50.2 Å². The van der Waals surface area contributed by atoms with Gasteiger partial charge in [0.25, 0.3) is 0 Å². The monoisotopic (exact) mass is 416 g/mol. The Labute approximate surface area is 173 Å². The van der Waals surface area contributed by atoms with Crippen molar-refractivity contribution in [2.45, 2.75) is 56.5 Å². The van der Waals surface area contributed by atoms with E-state index in [2.05, 4.69) is 25.2 Å². The highest BCUT2D eigenvalue weighted by molar-refractivity contribution is 7.98. The molecule has 29 heavy (non-hydrogen) atoms. The Balaban J connectivity index is 1.57. The first-order valence-electron chi connectivity index (χ1n) is 9.98. The van der Waals surface area contributed by atoms with E-state index in [4.69, 9.17) is 4.52 Å². The number of nitrogens with zero attached hydrogens (tertiary/aromatic N) is 6. The molecule has 154 valence electrons. The number of hydrogen-bond acceptors (Lipinski definition) is 7. The number of thioether (sulfide) groups is 1. The third-order valence-corrected chi connectivity index (χ3v) is 5.84. The molecule has 0 atom stereocenters. The summed E-state index contributed by atoms with van der Waals surface area (Å²) in [6, 6.07) is 6.43. The molecule has 1 aliphatic heterocycles. The first-order chi connectivity index (χ1) is 14.1. The predicted molar refractivity (Wildman–Crippen MR) is 108 cm³/mol. The first-order valence-corrected chi connectivity index (χ1v) is 11.0. The zero-order valence-corrected chi connectivity index (χ0v) is 17.5. The van der Waals surface area contributed by atoms with Crippen LogP contribution in [0.4, 0.5) is 4.39 Å². The second-order valence-corrected chi connectivity index (χ2v) is 8.48. The highest BCUT2D eigenvalue weighted by atomic mass is 32.2. The number of hydrogen-bond donors (Lipinski definition) is 0. The Morgan fingerprint density at radius 3 is 2.55 bits per heavy atom. The highest BCUT2D eigenvalue weighted by Gasteiger charge is 2.20. The number of benzene rings is 1. The van der Waals surface area contributed by atoms with Crippen molar-refractivity contribution in [2.24, 2.45) is 0 Å². The summed E-state index contributed by atoms with van der Waals surface area (Å²) >= 11 is 1.49. The summed E-state index contributed by atoms with van der Waals surface area (Å²) in [7, 11) is 0. The van der Waals surface area contributed by atoms with Crippen molar-refractivity contribution in [3.63, 3.8) is 0 Å². The van der Waals surface area contributed by atoms with E-state index >= 15 is 0 Å². The number of rotatable bonds is 7. The largest absolute Gasteiger partial charge is 0.338 e. The maximum atomic E-state index is 13.5. The average molecular weight is 417 g/mol. The maximum absolute atomic E-state index is 13.5. The molecule has 0 unspecified atom stereocenters. The van der Waals surface area contributed by atoms with Crippen molar-refractivity contribution in [1.82, 2.24) is 29.8 Å². The van der Waals surface area contributed by atoms with E-state index in [0.29, 0.717) is 17.5 Å². The fourth-order valence-electron chi connectivity index (χ4n) is 3.35. The normalized spacial score (nSPS) is 15.3. The van der Waals surface area contributed by atoms with E-state index in [0.717, 1.165) is 36.3 Å². The Bertz CT molecular complexity index is 933. The van der Waals surface area contributed by atoms with Crippen LogP contribution in [0.5, 0.6) is 0 Å². The second kappa shape index (κ2) is 9.04. The maximum Gasteiger partial charge on any atom is 0.237 e. The first kappa shape index (κ1) is 20.0. The topological polar surface area (TPSA) is 72.9 Å². The van der Waals surface area contributed by atoms with Crippen LogP contribution in [0.1, 0.15) is 56.6 Å². The standard InChI is InChI=1S/C20H25FN6OS/c1-14(2)19-22-18(28-25-19)13-29-20-24-23-17(12-26-10-4-3-5-11-26)27(20)16-8-6-15(21)7-9-16/h6-9,14H,3-5,10-13H2,1-2H3. The van der Waals surface area contributed by atoms with Crippen LogP contribution in [0.3, 0.4) is 0 Å².